The molecule has 0 aliphatic rings. The average molecular weight is 362 g/mol. The van der Waals surface area contributed by atoms with Gasteiger partial charge in [0.2, 0.25) is 15.9 Å². The maximum atomic E-state index is 12.4. The molecular formula is C18H22N2O4S. The highest BCUT2D eigenvalue weighted by atomic mass is 32.2. The summed E-state index contributed by atoms with van der Waals surface area (Å²) >= 11 is 0. The Balaban J connectivity index is 1.84. The molecule has 6 nitrogen and oxygen atoms in total. The van der Waals surface area contributed by atoms with Crippen LogP contribution in [0, 0.1) is 0 Å². The average Bonchev–Trinajstić information content (AvgIpc) is 2.61. The Labute approximate surface area is 148 Å². The summed E-state index contributed by atoms with van der Waals surface area (Å²) in [4.78, 5) is 12.2. The highest BCUT2D eigenvalue weighted by Crippen LogP contribution is 2.13. The van der Waals surface area contributed by atoms with Gasteiger partial charge in [-0.3, -0.25) is 4.79 Å². The number of amides is 1. The fourth-order valence-corrected chi connectivity index (χ4v) is 3.31. The van der Waals surface area contributed by atoms with E-state index in [9.17, 15) is 13.2 Å². The van der Waals surface area contributed by atoms with Crippen molar-refractivity contribution in [2.24, 2.45) is 0 Å². The largest absolute Gasteiger partial charge is 0.491 e. The van der Waals surface area contributed by atoms with E-state index in [1.165, 1.54) is 19.2 Å². The summed E-state index contributed by atoms with van der Waals surface area (Å²) in [6.45, 7) is 1.84. The summed E-state index contributed by atoms with van der Waals surface area (Å²) in [5.74, 6) is 0.332. The van der Waals surface area contributed by atoms with Crippen molar-refractivity contribution in [3.8, 4) is 5.75 Å². The minimum atomic E-state index is -3.68. The number of carbonyl (C=O) groups excluding carboxylic acids is 1. The smallest absolute Gasteiger partial charge is 0.243 e. The molecule has 2 aromatic carbocycles. The molecule has 1 atom stereocenters. The second kappa shape index (κ2) is 8.64. The summed E-state index contributed by atoms with van der Waals surface area (Å²) < 4.78 is 31.4. The topological polar surface area (TPSA) is 75.7 Å². The summed E-state index contributed by atoms with van der Waals surface area (Å²) in [6, 6.07) is 17.0. The van der Waals surface area contributed by atoms with Gasteiger partial charge in [0.1, 0.15) is 12.4 Å². The first kappa shape index (κ1) is 19.0. The van der Waals surface area contributed by atoms with E-state index < -0.39 is 10.0 Å². The minimum Gasteiger partial charge on any atom is -0.491 e. The predicted molar refractivity (Wildman–Crippen MR) is 95.8 cm³/mol. The number of para-hydroxylation sites is 1. The molecule has 0 aromatic heterocycles. The number of hydrogen-bond donors (Lipinski definition) is 1. The molecule has 2 rings (SSSR count). The molecule has 7 heteroatoms. The van der Waals surface area contributed by atoms with E-state index in [2.05, 4.69) is 5.32 Å². The van der Waals surface area contributed by atoms with Gasteiger partial charge in [-0.05, 0) is 31.2 Å². The molecule has 0 aliphatic carbocycles. The molecule has 1 N–H and O–H groups in total. The third kappa shape index (κ3) is 5.58. The number of sulfonamides is 1. The van der Waals surface area contributed by atoms with Crippen LogP contribution in [-0.2, 0) is 14.8 Å². The van der Waals surface area contributed by atoms with Gasteiger partial charge < -0.3 is 10.1 Å². The van der Waals surface area contributed by atoms with Crippen molar-refractivity contribution in [1.29, 1.82) is 0 Å². The van der Waals surface area contributed by atoms with Gasteiger partial charge in [-0.15, -0.1) is 0 Å². The number of nitrogens with zero attached hydrogens (tertiary/aromatic N) is 1. The molecule has 0 spiro atoms. The van der Waals surface area contributed by atoms with Crippen LogP contribution >= 0.6 is 0 Å². The van der Waals surface area contributed by atoms with Crippen molar-refractivity contribution >= 4 is 15.9 Å². The number of nitrogens with one attached hydrogen (secondary N) is 1. The standard InChI is InChI=1S/C18H22N2O4S/c1-15(14-24-16-9-5-3-6-10-16)19-18(21)13-20(2)25(22,23)17-11-7-4-8-12-17/h3-12,15H,13-14H2,1-2H3,(H,19,21). The number of benzene rings is 2. The highest BCUT2D eigenvalue weighted by molar-refractivity contribution is 7.89. The zero-order chi connectivity index (χ0) is 18.3. The molecule has 0 heterocycles. The quantitative estimate of drug-likeness (QED) is 0.778. The zero-order valence-corrected chi connectivity index (χ0v) is 15.1. The first-order chi connectivity index (χ1) is 11.9. The van der Waals surface area contributed by atoms with Gasteiger partial charge in [0.15, 0.2) is 0 Å². The Morgan fingerprint density at radius 2 is 1.64 bits per heavy atom. The number of rotatable bonds is 8. The van der Waals surface area contributed by atoms with Crippen molar-refractivity contribution in [3.05, 3.63) is 60.7 Å². The van der Waals surface area contributed by atoms with Crippen LogP contribution in [0.25, 0.3) is 0 Å². The fraction of sp³-hybridized carbons (Fsp3) is 0.278. The van der Waals surface area contributed by atoms with Gasteiger partial charge >= 0.3 is 0 Å². The molecule has 0 radical (unpaired) electrons. The second-order valence-electron chi connectivity index (χ2n) is 5.67. The molecular weight excluding hydrogens is 340 g/mol. The lowest BCUT2D eigenvalue weighted by molar-refractivity contribution is -0.121. The molecule has 1 amide bonds. The monoisotopic (exact) mass is 362 g/mol. The van der Waals surface area contributed by atoms with Crippen LogP contribution < -0.4 is 10.1 Å². The van der Waals surface area contributed by atoms with E-state index >= 15 is 0 Å². The van der Waals surface area contributed by atoms with Gasteiger partial charge in [-0.2, -0.15) is 4.31 Å². The Morgan fingerprint density at radius 1 is 1.08 bits per heavy atom. The van der Waals surface area contributed by atoms with Gasteiger partial charge in [-0.25, -0.2) is 8.42 Å². The first-order valence-corrected chi connectivity index (χ1v) is 9.32. The maximum absolute atomic E-state index is 12.4. The third-order valence-electron chi connectivity index (χ3n) is 3.47. The Morgan fingerprint density at radius 3 is 2.24 bits per heavy atom. The number of ether oxygens (including phenoxy) is 1. The van der Waals surface area contributed by atoms with Crippen LogP contribution in [-0.4, -0.2) is 44.9 Å². The lowest BCUT2D eigenvalue weighted by atomic mass is 10.3. The SMILES string of the molecule is CC(COc1ccccc1)NC(=O)CN(C)S(=O)(=O)c1ccccc1. The van der Waals surface area contributed by atoms with E-state index in [0.717, 1.165) is 4.31 Å². The molecule has 0 fully saturated rings. The van der Waals surface area contributed by atoms with Crippen molar-refractivity contribution in [3.63, 3.8) is 0 Å². The summed E-state index contributed by atoms with van der Waals surface area (Å²) in [5.41, 5.74) is 0. The van der Waals surface area contributed by atoms with Gasteiger partial charge in [-0.1, -0.05) is 36.4 Å². The highest BCUT2D eigenvalue weighted by Gasteiger charge is 2.23. The van der Waals surface area contributed by atoms with Crippen LogP contribution in [0.15, 0.2) is 65.6 Å². The Kier molecular flexibility index (Phi) is 6.55. The van der Waals surface area contributed by atoms with Crippen molar-refractivity contribution in [1.82, 2.24) is 9.62 Å². The van der Waals surface area contributed by atoms with Crippen molar-refractivity contribution in [2.45, 2.75) is 17.9 Å². The first-order valence-electron chi connectivity index (χ1n) is 7.88. The predicted octanol–water partition coefficient (Wildman–Crippen LogP) is 1.89. The van der Waals surface area contributed by atoms with Gasteiger partial charge in [0, 0.05) is 7.05 Å². The Hall–Kier alpha value is -2.38. The fourth-order valence-electron chi connectivity index (χ4n) is 2.16. The lowest BCUT2D eigenvalue weighted by Crippen LogP contribution is -2.43. The van der Waals surface area contributed by atoms with E-state index in [4.69, 9.17) is 4.74 Å². The lowest BCUT2D eigenvalue weighted by Gasteiger charge is -2.19. The molecule has 0 saturated carbocycles. The van der Waals surface area contributed by atoms with Gasteiger partial charge in [0.25, 0.3) is 0 Å². The van der Waals surface area contributed by atoms with Crippen molar-refractivity contribution in [2.75, 3.05) is 20.2 Å². The van der Waals surface area contributed by atoms with E-state index in [-0.39, 0.29) is 23.4 Å². The zero-order valence-electron chi connectivity index (χ0n) is 14.3. The number of hydrogen-bond acceptors (Lipinski definition) is 4. The molecule has 0 saturated heterocycles. The van der Waals surface area contributed by atoms with Crippen LogP contribution in [0.5, 0.6) is 5.75 Å². The molecule has 0 aliphatic heterocycles. The third-order valence-corrected chi connectivity index (χ3v) is 5.29. The number of likely N-dealkylation sites (N-methyl/N-ethyl adjacent to an activating group) is 1. The van der Waals surface area contributed by atoms with Crippen LogP contribution in [0.3, 0.4) is 0 Å². The minimum absolute atomic E-state index is 0.158. The molecule has 25 heavy (non-hydrogen) atoms. The molecule has 0 bridgehead atoms. The molecule has 134 valence electrons. The van der Waals surface area contributed by atoms with E-state index in [1.807, 2.05) is 30.3 Å². The summed E-state index contributed by atoms with van der Waals surface area (Å²) in [6.07, 6.45) is 0. The van der Waals surface area contributed by atoms with Crippen LogP contribution in [0.2, 0.25) is 0 Å². The van der Waals surface area contributed by atoms with Crippen LogP contribution in [0.4, 0.5) is 0 Å². The van der Waals surface area contributed by atoms with Crippen molar-refractivity contribution < 1.29 is 17.9 Å². The maximum Gasteiger partial charge on any atom is 0.243 e. The molecule has 2 aromatic rings. The van der Waals surface area contributed by atoms with E-state index in [0.29, 0.717) is 12.4 Å². The summed E-state index contributed by atoms with van der Waals surface area (Å²) in [5, 5.41) is 2.73. The van der Waals surface area contributed by atoms with E-state index in [1.54, 1.807) is 25.1 Å². The molecule has 1 unspecified atom stereocenters. The number of carbonyl (C=O) groups is 1. The van der Waals surface area contributed by atoms with Crippen LogP contribution in [0.1, 0.15) is 6.92 Å². The summed E-state index contributed by atoms with van der Waals surface area (Å²) in [7, 11) is -2.30. The second-order valence-corrected chi connectivity index (χ2v) is 7.71. The Bertz CT molecular complexity index is 779. The van der Waals surface area contributed by atoms with Gasteiger partial charge in [0.05, 0.1) is 17.5 Å². The normalized spacial score (nSPS) is 12.6.